The monoisotopic (exact) mass is 370 g/mol. The quantitative estimate of drug-likeness (QED) is 0.493. The van der Waals surface area contributed by atoms with Gasteiger partial charge in [-0.15, -0.1) is 0 Å². The summed E-state index contributed by atoms with van der Waals surface area (Å²) in [6.07, 6.45) is 3.24. The van der Waals surface area contributed by atoms with Gasteiger partial charge in [-0.2, -0.15) is 0 Å². The number of carbonyl (C=O) groups is 1. The van der Waals surface area contributed by atoms with Crippen LogP contribution in [0.2, 0.25) is 0 Å². The molecule has 0 atom stereocenters. The SMILES string of the molecule is COc1ccc(/C=C/C(=O)Nc2ccc3oc(-c4ccccc4)nc3c2)cc1. The first-order chi connectivity index (χ1) is 13.7. The second kappa shape index (κ2) is 7.80. The van der Waals surface area contributed by atoms with Crippen LogP contribution in [-0.4, -0.2) is 18.0 Å². The Hall–Kier alpha value is -3.86. The van der Waals surface area contributed by atoms with E-state index in [0.29, 0.717) is 22.7 Å². The molecule has 1 aromatic heterocycles. The van der Waals surface area contributed by atoms with Crippen molar-refractivity contribution < 1.29 is 13.9 Å². The maximum absolute atomic E-state index is 12.2. The van der Waals surface area contributed by atoms with Crippen LogP contribution in [0.3, 0.4) is 0 Å². The van der Waals surface area contributed by atoms with E-state index in [9.17, 15) is 4.79 Å². The molecule has 1 N–H and O–H groups in total. The van der Waals surface area contributed by atoms with Crippen LogP contribution in [0.4, 0.5) is 5.69 Å². The van der Waals surface area contributed by atoms with E-state index < -0.39 is 0 Å². The predicted octanol–water partition coefficient (Wildman–Crippen LogP) is 5.16. The molecule has 0 aliphatic carbocycles. The van der Waals surface area contributed by atoms with Crippen molar-refractivity contribution >= 4 is 28.8 Å². The second-order valence-electron chi connectivity index (χ2n) is 6.16. The summed E-state index contributed by atoms with van der Waals surface area (Å²) < 4.78 is 10.9. The number of aromatic nitrogens is 1. The molecule has 1 amide bonds. The number of carbonyl (C=O) groups excluding carboxylic acids is 1. The van der Waals surface area contributed by atoms with Crippen molar-refractivity contribution in [3.63, 3.8) is 0 Å². The van der Waals surface area contributed by atoms with Gasteiger partial charge in [0, 0.05) is 17.3 Å². The molecule has 0 saturated carbocycles. The van der Waals surface area contributed by atoms with Crippen molar-refractivity contribution in [2.24, 2.45) is 0 Å². The molecular formula is C23H18N2O3. The number of anilines is 1. The summed E-state index contributed by atoms with van der Waals surface area (Å²) in [5.41, 5.74) is 3.84. The van der Waals surface area contributed by atoms with Crippen molar-refractivity contribution in [1.82, 2.24) is 4.98 Å². The first kappa shape index (κ1) is 17.5. The van der Waals surface area contributed by atoms with Crippen LogP contribution in [0.15, 0.2) is 83.3 Å². The highest BCUT2D eigenvalue weighted by atomic mass is 16.5. The summed E-state index contributed by atoms with van der Waals surface area (Å²) in [6, 6.07) is 22.6. The largest absolute Gasteiger partial charge is 0.497 e. The molecule has 0 radical (unpaired) electrons. The molecule has 0 unspecified atom stereocenters. The molecule has 0 saturated heterocycles. The molecule has 28 heavy (non-hydrogen) atoms. The van der Waals surface area contributed by atoms with Gasteiger partial charge in [-0.25, -0.2) is 4.98 Å². The van der Waals surface area contributed by atoms with Gasteiger partial charge >= 0.3 is 0 Å². The first-order valence-electron chi connectivity index (χ1n) is 8.80. The number of methoxy groups -OCH3 is 1. The number of amides is 1. The lowest BCUT2D eigenvalue weighted by molar-refractivity contribution is -0.111. The maximum atomic E-state index is 12.2. The third-order valence-electron chi connectivity index (χ3n) is 4.22. The van der Waals surface area contributed by atoms with E-state index in [-0.39, 0.29) is 5.91 Å². The van der Waals surface area contributed by atoms with Crippen molar-refractivity contribution in [1.29, 1.82) is 0 Å². The first-order valence-corrected chi connectivity index (χ1v) is 8.80. The summed E-state index contributed by atoms with van der Waals surface area (Å²) in [4.78, 5) is 16.7. The summed E-state index contributed by atoms with van der Waals surface area (Å²) in [6.45, 7) is 0. The maximum Gasteiger partial charge on any atom is 0.248 e. The van der Waals surface area contributed by atoms with Crippen LogP contribution in [-0.2, 0) is 4.79 Å². The smallest absolute Gasteiger partial charge is 0.248 e. The highest BCUT2D eigenvalue weighted by Gasteiger charge is 2.09. The molecule has 0 spiro atoms. The Morgan fingerprint density at radius 1 is 1.04 bits per heavy atom. The number of nitrogens with one attached hydrogen (secondary N) is 1. The fraction of sp³-hybridized carbons (Fsp3) is 0.0435. The Labute approximate surface area is 162 Å². The van der Waals surface area contributed by atoms with Crippen molar-refractivity contribution in [3.8, 4) is 17.2 Å². The van der Waals surface area contributed by atoms with E-state index in [2.05, 4.69) is 10.3 Å². The van der Waals surface area contributed by atoms with Crippen LogP contribution < -0.4 is 10.1 Å². The van der Waals surface area contributed by atoms with Crippen molar-refractivity contribution in [3.05, 3.63) is 84.4 Å². The van der Waals surface area contributed by atoms with Crippen LogP contribution in [0.1, 0.15) is 5.56 Å². The molecule has 0 aliphatic rings. The standard InChI is InChI=1S/C23H18N2O3/c1-27-19-11-7-16(8-12-19)9-14-22(26)24-18-10-13-21-20(15-18)25-23(28-21)17-5-3-2-4-6-17/h2-15H,1H3,(H,24,26)/b14-9+. The zero-order chi connectivity index (χ0) is 19.3. The van der Waals surface area contributed by atoms with Gasteiger partial charge in [-0.3, -0.25) is 4.79 Å². The number of benzene rings is 3. The van der Waals surface area contributed by atoms with Crippen LogP contribution >= 0.6 is 0 Å². The van der Waals surface area contributed by atoms with Crippen LogP contribution in [0.25, 0.3) is 28.6 Å². The molecule has 1 heterocycles. The zero-order valence-electron chi connectivity index (χ0n) is 15.3. The second-order valence-corrected chi connectivity index (χ2v) is 6.16. The van der Waals surface area contributed by atoms with Crippen LogP contribution in [0.5, 0.6) is 5.75 Å². The summed E-state index contributed by atoms with van der Waals surface area (Å²) in [5.74, 6) is 1.11. The molecular weight excluding hydrogens is 352 g/mol. The van der Waals surface area contributed by atoms with E-state index in [4.69, 9.17) is 9.15 Å². The molecule has 138 valence electrons. The van der Waals surface area contributed by atoms with Gasteiger partial charge in [0.15, 0.2) is 5.58 Å². The minimum absolute atomic E-state index is 0.220. The summed E-state index contributed by atoms with van der Waals surface area (Å²) in [5, 5.41) is 2.84. The molecule has 0 fully saturated rings. The van der Waals surface area contributed by atoms with E-state index in [1.807, 2.05) is 54.6 Å². The third-order valence-corrected chi connectivity index (χ3v) is 4.22. The Kier molecular flexibility index (Phi) is 4.89. The van der Waals surface area contributed by atoms with Gasteiger partial charge in [-0.1, -0.05) is 30.3 Å². The molecule has 0 bridgehead atoms. The normalized spacial score (nSPS) is 11.0. The van der Waals surface area contributed by atoms with Crippen LogP contribution in [0, 0.1) is 0 Å². The van der Waals surface area contributed by atoms with Gasteiger partial charge in [-0.05, 0) is 54.1 Å². The van der Waals surface area contributed by atoms with E-state index >= 15 is 0 Å². The topological polar surface area (TPSA) is 64.4 Å². The van der Waals surface area contributed by atoms with Gasteiger partial charge < -0.3 is 14.5 Å². The fourth-order valence-electron chi connectivity index (χ4n) is 2.78. The lowest BCUT2D eigenvalue weighted by Crippen LogP contribution is -2.07. The molecule has 5 nitrogen and oxygen atoms in total. The lowest BCUT2D eigenvalue weighted by Gasteiger charge is -2.02. The minimum atomic E-state index is -0.220. The lowest BCUT2D eigenvalue weighted by atomic mass is 10.2. The average molecular weight is 370 g/mol. The number of ether oxygens (including phenoxy) is 1. The molecule has 4 aromatic rings. The molecule has 5 heteroatoms. The van der Waals surface area contributed by atoms with Gasteiger partial charge in [0.05, 0.1) is 7.11 Å². The fourth-order valence-corrected chi connectivity index (χ4v) is 2.78. The number of rotatable bonds is 5. The Morgan fingerprint density at radius 2 is 1.82 bits per heavy atom. The number of nitrogens with zero attached hydrogens (tertiary/aromatic N) is 1. The third kappa shape index (κ3) is 3.94. The average Bonchev–Trinajstić information content (AvgIpc) is 3.17. The highest BCUT2D eigenvalue weighted by Crippen LogP contribution is 2.26. The van der Waals surface area contributed by atoms with E-state index in [1.54, 1.807) is 31.4 Å². The van der Waals surface area contributed by atoms with Crippen molar-refractivity contribution in [2.45, 2.75) is 0 Å². The molecule has 0 aliphatic heterocycles. The van der Waals surface area contributed by atoms with E-state index in [0.717, 1.165) is 16.9 Å². The number of hydrogen-bond acceptors (Lipinski definition) is 4. The van der Waals surface area contributed by atoms with Gasteiger partial charge in [0.1, 0.15) is 11.3 Å². The number of hydrogen-bond donors (Lipinski definition) is 1. The minimum Gasteiger partial charge on any atom is -0.497 e. The Balaban J connectivity index is 1.48. The molecule has 3 aromatic carbocycles. The predicted molar refractivity (Wildman–Crippen MR) is 110 cm³/mol. The van der Waals surface area contributed by atoms with Gasteiger partial charge in [0.2, 0.25) is 11.8 Å². The van der Waals surface area contributed by atoms with Crippen molar-refractivity contribution in [2.75, 3.05) is 12.4 Å². The summed E-state index contributed by atoms with van der Waals surface area (Å²) in [7, 11) is 1.62. The number of oxazole rings is 1. The van der Waals surface area contributed by atoms with Gasteiger partial charge in [0.25, 0.3) is 0 Å². The van der Waals surface area contributed by atoms with E-state index in [1.165, 1.54) is 6.08 Å². The zero-order valence-corrected chi connectivity index (χ0v) is 15.3. The number of fused-ring (bicyclic) bond motifs is 1. The molecule has 4 rings (SSSR count). The summed E-state index contributed by atoms with van der Waals surface area (Å²) >= 11 is 0. The highest BCUT2D eigenvalue weighted by molar-refractivity contribution is 6.02. The Morgan fingerprint density at radius 3 is 2.57 bits per heavy atom. The Bertz CT molecular complexity index is 1130.